The Morgan fingerprint density at radius 1 is 1.15 bits per heavy atom. The lowest BCUT2D eigenvalue weighted by atomic mass is 10.0. The first kappa shape index (κ1) is 25.5. The van der Waals surface area contributed by atoms with Crippen LogP contribution in [0.2, 0.25) is 0 Å². The highest BCUT2D eigenvalue weighted by molar-refractivity contribution is 14.0. The van der Waals surface area contributed by atoms with E-state index in [1.807, 2.05) is 41.9 Å². The molecule has 0 spiro atoms. The van der Waals surface area contributed by atoms with Gasteiger partial charge in [-0.2, -0.15) is 5.10 Å². The monoisotopic (exact) mass is 574 g/mol. The highest BCUT2D eigenvalue weighted by Gasteiger charge is 2.15. The Balaban J connectivity index is 0.00000324. The van der Waals surface area contributed by atoms with Crippen LogP contribution in [0.4, 0.5) is 5.69 Å². The van der Waals surface area contributed by atoms with Crippen molar-refractivity contribution < 1.29 is 9.53 Å². The minimum atomic E-state index is 0. The normalized spacial score (nSPS) is 12.9. The zero-order valence-corrected chi connectivity index (χ0v) is 22.1. The van der Waals surface area contributed by atoms with Crippen molar-refractivity contribution in [3.8, 4) is 11.4 Å². The lowest BCUT2D eigenvalue weighted by molar-refractivity contribution is -0.116. The van der Waals surface area contributed by atoms with Gasteiger partial charge < -0.3 is 20.7 Å². The first-order valence-electron chi connectivity index (χ1n) is 11.1. The average molecular weight is 574 g/mol. The maximum absolute atomic E-state index is 11.5. The van der Waals surface area contributed by atoms with Gasteiger partial charge in [0.05, 0.1) is 17.9 Å². The first-order valence-corrected chi connectivity index (χ1v) is 11.1. The predicted octanol–water partition coefficient (Wildman–Crippen LogP) is 3.74. The third kappa shape index (κ3) is 6.28. The molecular weight excluding hydrogens is 543 g/mol. The molecule has 0 saturated heterocycles. The Morgan fingerprint density at radius 2 is 1.97 bits per heavy atom. The van der Waals surface area contributed by atoms with Crippen molar-refractivity contribution in [1.29, 1.82) is 0 Å². The molecule has 4 rings (SSSR count). The number of rotatable bonds is 7. The number of aromatic nitrogens is 2. The van der Waals surface area contributed by atoms with E-state index in [1.165, 1.54) is 0 Å². The molecule has 0 atom stereocenters. The van der Waals surface area contributed by atoms with Crippen molar-refractivity contribution in [3.05, 3.63) is 71.0 Å². The third-order valence-corrected chi connectivity index (χ3v) is 5.53. The number of ether oxygens (including phenoxy) is 1. The number of guanidine groups is 1. The Morgan fingerprint density at radius 3 is 2.74 bits per heavy atom. The molecule has 3 aromatic rings. The number of nitrogens with zero attached hydrogens (tertiary/aromatic N) is 3. The van der Waals surface area contributed by atoms with E-state index >= 15 is 0 Å². The molecular formula is C25H31IN6O2. The number of halogens is 1. The molecule has 1 aliphatic heterocycles. The quantitative estimate of drug-likeness (QED) is 0.173. The van der Waals surface area contributed by atoms with E-state index in [1.54, 1.807) is 7.05 Å². The van der Waals surface area contributed by atoms with Gasteiger partial charge in [-0.25, -0.2) is 4.68 Å². The van der Waals surface area contributed by atoms with Crippen molar-refractivity contribution in [2.75, 3.05) is 25.5 Å². The highest BCUT2D eigenvalue weighted by Crippen LogP contribution is 2.26. The molecule has 2 aromatic carbocycles. The van der Waals surface area contributed by atoms with Crippen LogP contribution < -0.4 is 20.7 Å². The number of anilines is 1. The summed E-state index contributed by atoms with van der Waals surface area (Å²) in [4.78, 5) is 15.8. The van der Waals surface area contributed by atoms with E-state index < -0.39 is 0 Å². The number of aryl methyl sites for hydroxylation is 3. The number of carbonyl (C=O) groups is 1. The van der Waals surface area contributed by atoms with Crippen molar-refractivity contribution in [2.24, 2.45) is 4.99 Å². The maximum atomic E-state index is 11.5. The zero-order valence-electron chi connectivity index (χ0n) is 19.7. The number of amides is 1. The smallest absolute Gasteiger partial charge is 0.224 e. The number of para-hydroxylation sites is 1. The van der Waals surface area contributed by atoms with Crippen LogP contribution in [0, 0.1) is 13.8 Å². The minimum Gasteiger partial charge on any atom is -0.492 e. The Labute approximate surface area is 217 Å². The Bertz CT molecular complexity index is 1170. The van der Waals surface area contributed by atoms with Crippen LogP contribution in [0.5, 0.6) is 5.75 Å². The number of fused-ring (bicyclic) bond motifs is 1. The molecule has 9 heteroatoms. The molecule has 3 N–H and O–H groups in total. The molecule has 0 radical (unpaired) electrons. The largest absolute Gasteiger partial charge is 0.492 e. The second-order valence-corrected chi connectivity index (χ2v) is 8.04. The van der Waals surface area contributed by atoms with Gasteiger partial charge in [0.15, 0.2) is 5.96 Å². The summed E-state index contributed by atoms with van der Waals surface area (Å²) in [6.45, 7) is 5.77. The standard InChI is InChI=1S/C25H30N6O2.HI/c1-17-14-18(2)31(30-17)23-7-5-4-6-20(23)16-28-25(26-3)27-12-13-33-21-9-10-22-19(15-21)8-11-24(32)29-22;/h4-7,9-10,14-15H,8,11-13,16H2,1-3H3,(H,29,32)(H2,26,27,28);1H. The molecule has 180 valence electrons. The molecule has 8 nitrogen and oxygen atoms in total. The summed E-state index contributed by atoms with van der Waals surface area (Å²) in [6.07, 6.45) is 1.26. The van der Waals surface area contributed by atoms with E-state index in [4.69, 9.17) is 4.74 Å². The number of hydrogen-bond acceptors (Lipinski definition) is 4. The van der Waals surface area contributed by atoms with Crippen molar-refractivity contribution >= 4 is 41.5 Å². The summed E-state index contributed by atoms with van der Waals surface area (Å²) in [5, 5.41) is 14.2. The molecule has 1 amide bonds. The summed E-state index contributed by atoms with van der Waals surface area (Å²) in [6, 6.07) is 16.1. The van der Waals surface area contributed by atoms with Gasteiger partial charge in [-0.3, -0.25) is 9.79 Å². The van der Waals surface area contributed by atoms with E-state index in [-0.39, 0.29) is 29.9 Å². The summed E-state index contributed by atoms with van der Waals surface area (Å²) < 4.78 is 7.85. The van der Waals surface area contributed by atoms with Crippen LogP contribution in [-0.4, -0.2) is 41.8 Å². The van der Waals surface area contributed by atoms with Gasteiger partial charge in [-0.15, -0.1) is 24.0 Å². The molecule has 2 heterocycles. The van der Waals surface area contributed by atoms with E-state index in [0.717, 1.165) is 46.1 Å². The van der Waals surface area contributed by atoms with E-state index in [9.17, 15) is 4.79 Å². The summed E-state index contributed by atoms with van der Waals surface area (Å²) in [5.41, 5.74) is 6.27. The fourth-order valence-corrected chi connectivity index (χ4v) is 3.93. The molecule has 0 unspecified atom stereocenters. The van der Waals surface area contributed by atoms with E-state index in [0.29, 0.717) is 32.1 Å². The van der Waals surface area contributed by atoms with Crippen molar-refractivity contribution in [3.63, 3.8) is 0 Å². The molecule has 1 aromatic heterocycles. The second kappa shape index (κ2) is 11.9. The molecule has 0 aliphatic carbocycles. The molecule has 34 heavy (non-hydrogen) atoms. The molecule has 1 aliphatic rings. The minimum absolute atomic E-state index is 0. The van der Waals surface area contributed by atoms with Crippen molar-refractivity contribution in [1.82, 2.24) is 20.4 Å². The van der Waals surface area contributed by atoms with Gasteiger partial charge >= 0.3 is 0 Å². The van der Waals surface area contributed by atoms with Crippen LogP contribution in [-0.2, 0) is 17.8 Å². The molecule has 0 fully saturated rings. The first-order chi connectivity index (χ1) is 16.0. The fraction of sp³-hybridized carbons (Fsp3) is 0.320. The van der Waals surface area contributed by atoms with Gasteiger partial charge in [0.25, 0.3) is 0 Å². The second-order valence-electron chi connectivity index (χ2n) is 8.04. The summed E-state index contributed by atoms with van der Waals surface area (Å²) in [7, 11) is 1.75. The number of nitrogens with one attached hydrogen (secondary N) is 3. The predicted molar refractivity (Wildman–Crippen MR) is 146 cm³/mol. The number of hydrogen-bond donors (Lipinski definition) is 3. The van der Waals surface area contributed by atoms with Gasteiger partial charge in [-0.05, 0) is 61.7 Å². The van der Waals surface area contributed by atoms with Gasteiger partial charge in [-0.1, -0.05) is 18.2 Å². The molecule has 0 bridgehead atoms. The number of carbonyl (C=O) groups excluding carboxylic acids is 1. The van der Waals surface area contributed by atoms with Gasteiger partial charge in [0, 0.05) is 31.4 Å². The van der Waals surface area contributed by atoms with Gasteiger partial charge in [0.2, 0.25) is 5.91 Å². The zero-order chi connectivity index (χ0) is 23.2. The van der Waals surface area contributed by atoms with Crippen LogP contribution in [0.15, 0.2) is 53.5 Å². The summed E-state index contributed by atoms with van der Waals surface area (Å²) in [5.74, 6) is 1.57. The summed E-state index contributed by atoms with van der Waals surface area (Å²) >= 11 is 0. The highest BCUT2D eigenvalue weighted by atomic mass is 127. The average Bonchev–Trinajstić information content (AvgIpc) is 3.16. The van der Waals surface area contributed by atoms with Crippen LogP contribution in [0.25, 0.3) is 5.69 Å². The SMILES string of the molecule is CN=C(NCCOc1ccc2c(c1)CCC(=O)N2)NCc1ccccc1-n1nc(C)cc1C.I. The lowest BCUT2D eigenvalue weighted by Gasteiger charge is -2.18. The van der Waals surface area contributed by atoms with Crippen LogP contribution in [0.3, 0.4) is 0 Å². The topological polar surface area (TPSA) is 92.6 Å². The third-order valence-electron chi connectivity index (χ3n) is 5.53. The van der Waals surface area contributed by atoms with Crippen LogP contribution >= 0.6 is 24.0 Å². The van der Waals surface area contributed by atoms with Crippen LogP contribution in [0.1, 0.15) is 28.9 Å². The van der Waals surface area contributed by atoms with Crippen molar-refractivity contribution in [2.45, 2.75) is 33.2 Å². The number of aliphatic imine (C=N–C) groups is 1. The Kier molecular flexibility index (Phi) is 8.91. The fourth-order valence-electron chi connectivity index (χ4n) is 3.93. The van der Waals surface area contributed by atoms with E-state index in [2.05, 4.69) is 51.2 Å². The van der Waals surface area contributed by atoms with Gasteiger partial charge in [0.1, 0.15) is 12.4 Å². The molecule has 0 saturated carbocycles. The lowest BCUT2D eigenvalue weighted by Crippen LogP contribution is -2.39. The maximum Gasteiger partial charge on any atom is 0.224 e. The Hall–Kier alpha value is -3.08. The number of benzene rings is 2.